The molecule has 1 aliphatic carbocycles. The highest BCUT2D eigenvalue weighted by Gasteiger charge is 2.26. The third-order valence-corrected chi connectivity index (χ3v) is 3.10. The minimum absolute atomic E-state index is 0.188. The van der Waals surface area contributed by atoms with Gasteiger partial charge in [-0.2, -0.15) is 5.06 Å². The van der Waals surface area contributed by atoms with Crippen LogP contribution in [0.3, 0.4) is 0 Å². The Hall–Kier alpha value is -2.01. The number of aromatic nitrogens is 2. The number of rotatable bonds is 3. The van der Waals surface area contributed by atoms with Gasteiger partial charge >= 0.3 is 0 Å². The van der Waals surface area contributed by atoms with Crippen molar-refractivity contribution in [3.8, 4) is 0 Å². The van der Waals surface area contributed by atoms with Crippen LogP contribution >= 0.6 is 0 Å². The second-order valence-corrected chi connectivity index (χ2v) is 4.80. The van der Waals surface area contributed by atoms with Crippen molar-refractivity contribution >= 4 is 11.6 Å². The molecule has 1 aromatic carbocycles. The summed E-state index contributed by atoms with van der Waals surface area (Å²) in [6, 6.07) is 7.63. The number of hydrogen-bond acceptors (Lipinski definition) is 4. The maximum absolute atomic E-state index is 13.2. The Labute approximate surface area is 110 Å². The number of benzene rings is 1. The number of halogens is 1. The number of hydrogen-bond donors (Lipinski definition) is 1. The molecule has 5 heteroatoms. The molecular formula is C14H14FN3O. The van der Waals surface area contributed by atoms with E-state index < -0.39 is 5.82 Å². The first-order valence-electron chi connectivity index (χ1n) is 6.23. The molecule has 0 atom stereocenters. The van der Waals surface area contributed by atoms with Crippen LogP contribution in [0.1, 0.15) is 30.1 Å². The molecule has 1 aromatic heterocycles. The molecule has 0 aliphatic heterocycles. The van der Waals surface area contributed by atoms with Crippen molar-refractivity contribution in [3.05, 3.63) is 47.5 Å². The Morgan fingerprint density at radius 3 is 2.74 bits per heavy atom. The first-order valence-corrected chi connectivity index (χ1v) is 6.23. The summed E-state index contributed by atoms with van der Waals surface area (Å²) in [4.78, 5) is 8.54. The van der Waals surface area contributed by atoms with Crippen LogP contribution in [0, 0.1) is 12.7 Å². The Morgan fingerprint density at radius 1 is 1.26 bits per heavy atom. The van der Waals surface area contributed by atoms with Crippen LogP contribution in [-0.4, -0.2) is 15.2 Å². The van der Waals surface area contributed by atoms with Crippen molar-refractivity contribution in [1.82, 2.24) is 9.97 Å². The van der Waals surface area contributed by atoms with Gasteiger partial charge in [-0.25, -0.2) is 14.4 Å². The fourth-order valence-corrected chi connectivity index (χ4v) is 1.98. The monoisotopic (exact) mass is 259 g/mol. The summed E-state index contributed by atoms with van der Waals surface area (Å²) >= 11 is 0. The molecule has 3 rings (SSSR count). The van der Waals surface area contributed by atoms with Gasteiger partial charge in [0.1, 0.15) is 5.82 Å². The fourth-order valence-electron chi connectivity index (χ4n) is 1.98. The quantitative estimate of drug-likeness (QED) is 0.859. The SMILES string of the molecule is Cc1cc(C2CC2)nc(N(O)c2cccc(F)c2)n1. The summed E-state index contributed by atoms with van der Waals surface area (Å²) in [5.41, 5.74) is 2.05. The molecule has 1 heterocycles. The van der Waals surface area contributed by atoms with Crippen LogP contribution in [0.5, 0.6) is 0 Å². The van der Waals surface area contributed by atoms with Crippen molar-refractivity contribution in [2.45, 2.75) is 25.7 Å². The number of anilines is 2. The van der Waals surface area contributed by atoms with Crippen molar-refractivity contribution in [3.63, 3.8) is 0 Å². The molecule has 1 N–H and O–H groups in total. The second-order valence-electron chi connectivity index (χ2n) is 4.80. The first kappa shape index (κ1) is 12.0. The molecule has 0 radical (unpaired) electrons. The van der Waals surface area contributed by atoms with E-state index in [-0.39, 0.29) is 5.95 Å². The van der Waals surface area contributed by atoms with Gasteiger partial charge in [0.05, 0.1) is 5.69 Å². The van der Waals surface area contributed by atoms with Crippen LogP contribution in [-0.2, 0) is 0 Å². The van der Waals surface area contributed by atoms with E-state index in [4.69, 9.17) is 0 Å². The minimum atomic E-state index is -0.411. The molecule has 2 aromatic rings. The van der Waals surface area contributed by atoms with Gasteiger partial charge in [-0.05, 0) is 38.0 Å². The van der Waals surface area contributed by atoms with Crippen molar-refractivity contribution in [2.24, 2.45) is 0 Å². The van der Waals surface area contributed by atoms with Gasteiger partial charge in [0.2, 0.25) is 0 Å². The molecule has 0 saturated heterocycles. The molecular weight excluding hydrogens is 245 g/mol. The van der Waals surface area contributed by atoms with Crippen molar-refractivity contribution in [2.75, 3.05) is 5.06 Å². The van der Waals surface area contributed by atoms with Gasteiger partial charge in [-0.3, -0.25) is 5.21 Å². The van der Waals surface area contributed by atoms with E-state index in [0.717, 1.165) is 29.3 Å². The Morgan fingerprint density at radius 2 is 2.05 bits per heavy atom. The molecule has 1 saturated carbocycles. The summed E-state index contributed by atoms with van der Waals surface area (Å²) in [5.74, 6) is 0.250. The van der Waals surface area contributed by atoms with Crippen LogP contribution in [0.25, 0.3) is 0 Å². The van der Waals surface area contributed by atoms with Gasteiger partial charge < -0.3 is 0 Å². The summed E-state index contributed by atoms with van der Waals surface area (Å²) in [7, 11) is 0. The maximum atomic E-state index is 13.2. The highest BCUT2D eigenvalue weighted by molar-refractivity contribution is 5.53. The smallest absolute Gasteiger partial charge is 0.254 e. The zero-order valence-electron chi connectivity index (χ0n) is 10.5. The van der Waals surface area contributed by atoms with E-state index >= 15 is 0 Å². The molecule has 0 bridgehead atoms. The van der Waals surface area contributed by atoms with Crippen LogP contribution in [0.2, 0.25) is 0 Å². The van der Waals surface area contributed by atoms with Gasteiger partial charge in [-0.1, -0.05) is 6.07 Å². The maximum Gasteiger partial charge on any atom is 0.254 e. The average Bonchev–Trinajstić information content (AvgIpc) is 3.21. The highest BCUT2D eigenvalue weighted by Crippen LogP contribution is 2.39. The molecule has 1 aliphatic rings. The summed E-state index contributed by atoms with van der Waals surface area (Å²) in [6.07, 6.45) is 2.25. The first-order chi connectivity index (χ1) is 9.13. The second kappa shape index (κ2) is 4.59. The van der Waals surface area contributed by atoms with Gasteiger partial charge in [0, 0.05) is 23.4 Å². The molecule has 0 spiro atoms. The van der Waals surface area contributed by atoms with Gasteiger partial charge in [-0.15, -0.1) is 0 Å². The molecule has 0 amide bonds. The van der Waals surface area contributed by atoms with Crippen molar-refractivity contribution < 1.29 is 9.60 Å². The molecule has 98 valence electrons. The minimum Gasteiger partial charge on any atom is -0.281 e. The largest absolute Gasteiger partial charge is 0.281 e. The number of aryl methyl sites for hydroxylation is 1. The highest BCUT2D eigenvalue weighted by atomic mass is 19.1. The van der Waals surface area contributed by atoms with E-state index in [1.165, 1.54) is 18.2 Å². The Bertz CT molecular complexity index is 613. The molecule has 1 fully saturated rings. The normalized spacial score (nSPS) is 14.5. The average molecular weight is 259 g/mol. The zero-order valence-corrected chi connectivity index (χ0v) is 10.5. The summed E-state index contributed by atoms with van der Waals surface area (Å²) < 4.78 is 13.2. The molecule has 19 heavy (non-hydrogen) atoms. The van der Waals surface area contributed by atoms with E-state index in [2.05, 4.69) is 9.97 Å². The Kier molecular flexibility index (Phi) is 2.91. The Balaban J connectivity index is 1.96. The lowest BCUT2D eigenvalue weighted by atomic mass is 10.2. The predicted molar refractivity (Wildman–Crippen MR) is 69.1 cm³/mol. The van der Waals surface area contributed by atoms with Gasteiger partial charge in [0.15, 0.2) is 0 Å². The van der Waals surface area contributed by atoms with Crippen LogP contribution < -0.4 is 5.06 Å². The topological polar surface area (TPSA) is 49.2 Å². The van der Waals surface area contributed by atoms with Crippen LogP contribution in [0.15, 0.2) is 30.3 Å². The standard InChI is InChI=1S/C14H14FN3O/c1-9-7-13(10-5-6-10)17-14(16-9)18(19)12-4-2-3-11(15)8-12/h2-4,7-8,10,19H,5-6H2,1H3. The van der Waals surface area contributed by atoms with E-state index in [1.54, 1.807) is 6.07 Å². The van der Waals surface area contributed by atoms with Crippen LogP contribution in [0.4, 0.5) is 16.0 Å². The van der Waals surface area contributed by atoms with E-state index in [9.17, 15) is 9.60 Å². The third-order valence-electron chi connectivity index (χ3n) is 3.10. The molecule has 0 unspecified atom stereocenters. The summed E-state index contributed by atoms with van der Waals surface area (Å²) in [5, 5.41) is 10.9. The van der Waals surface area contributed by atoms with E-state index in [0.29, 0.717) is 11.6 Å². The predicted octanol–water partition coefficient (Wildman–Crippen LogP) is 3.33. The molecule has 4 nitrogen and oxygen atoms in total. The fraction of sp³-hybridized carbons (Fsp3) is 0.286. The van der Waals surface area contributed by atoms with Gasteiger partial charge in [0.25, 0.3) is 5.95 Å². The summed E-state index contributed by atoms with van der Waals surface area (Å²) in [6.45, 7) is 1.86. The lowest BCUT2D eigenvalue weighted by Gasteiger charge is -2.16. The van der Waals surface area contributed by atoms with E-state index in [1.807, 2.05) is 13.0 Å². The third kappa shape index (κ3) is 2.56. The zero-order chi connectivity index (χ0) is 13.4. The lowest BCUT2D eigenvalue weighted by Crippen LogP contribution is -2.15. The number of nitrogens with zero attached hydrogens (tertiary/aromatic N) is 3. The van der Waals surface area contributed by atoms with Crippen molar-refractivity contribution in [1.29, 1.82) is 0 Å². The lowest BCUT2D eigenvalue weighted by molar-refractivity contribution is 0.293.